The summed E-state index contributed by atoms with van der Waals surface area (Å²) >= 11 is 0. The molecule has 174 valence electrons. The zero-order valence-electron chi connectivity index (χ0n) is 18.7. The van der Waals surface area contributed by atoms with Crippen LogP contribution in [0.4, 0.5) is 0 Å². The van der Waals surface area contributed by atoms with Gasteiger partial charge in [0, 0.05) is 0 Å². The summed E-state index contributed by atoms with van der Waals surface area (Å²) in [5.41, 5.74) is 0.520. The van der Waals surface area contributed by atoms with E-state index in [1.54, 1.807) is 18.2 Å². The molecule has 0 aliphatic carbocycles. The van der Waals surface area contributed by atoms with Crippen LogP contribution in [-0.2, 0) is 0 Å². The van der Waals surface area contributed by atoms with E-state index >= 15 is 0 Å². The van der Waals surface area contributed by atoms with Crippen molar-refractivity contribution in [1.82, 2.24) is 0 Å². The molecule has 0 heterocycles. The average Bonchev–Trinajstić information content (AvgIpc) is 2.89. The predicted molar refractivity (Wildman–Crippen MR) is 123 cm³/mol. The Morgan fingerprint density at radius 3 is 1.06 bits per heavy atom. The average molecular weight is 464 g/mol. The maximum atomic E-state index is 11.6. The smallest absolute Gasteiger partial charge is 0.497 e. The molecule has 10 heteroatoms. The Bertz CT molecular complexity index is 1030. The molecule has 9 nitrogen and oxygen atoms in total. The van der Waals surface area contributed by atoms with E-state index in [9.17, 15) is 14.4 Å². The van der Waals surface area contributed by atoms with Crippen molar-refractivity contribution in [2.24, 2.45) is 0 Å². The van der Waals surface area contributed by atoms with Crippen LogP contribution in [0.1, 0.15) is 31.1 Å². The van der Waals surface area contributed by atoms with Crippen LogP contribution < -0.4 is 28.2 Å². The topological polar surface area (TPSA) is 107 Å². The molecule has 0 aromatic heterocycles. The summed E-state index contributed by atoms with van der Waals surface area (Å²) in [7, 11) is 2.91. The number of ether oxygens (including phenoxy) is 3. The zero-order valence-corrected chi connectivity index (χ0v) is 18.7. The summed E-state index contributed by atoms with van der Waals surface area (Å²) in [5.74, 6) is 1.73. The molecule has 0 fully saturated rings. The van der Waals surface area contributed by atoms with Gasteiger partial charge < -0.3 is 28.2 Å². The van der Waals surface area contributed by atoms with E-state index in [4.69, 9.17) is 28.2 Å². The van der Waals surface area contributed by atoms with Gasteiger partial charge in [0.15, 0.2) is 18.9 Å². The van der Waals surface area contributed by atoms with Crippen molar-refractivity contribution in [1.29, 1.82) is 0 Å². The normalized spacial score (nSPS) is 9.97. The fraction of sp³-hybridized carbons (Fsp3) is 0.125. The number of hydrogen-bond donors (Lipinski definition) is 0. The summed E-state index contributed by atoms with van der Waals surface area (Å²) in [6.45, 7) is 0. The molecule has 0 amide bonds. The van der Waals surface area contributed by atoms with Gasteiger partial charge in [0.2, 0.25) is 0 Å². The molecule has 3 rings (SSSR count). The van der Waals surface area contributed by atoms with Gasteiger partial charge in [-0.15, -0.1) is 0 Å². The van der Waals surface area contributed by atoms with Gasteiger partial charge in [-0.2, -0.15) is 0 Å². The van der Waals surface area contributed by atoms with Gasteiger partial charge in [0.05, 0.1) is 38.0 Å². The van der Waals surface area contributed by atoms with E-state index in [1.807, 2.05) is 0 Å². The predicted octanol–water partition coefficient (Wildman–Crippen LogP) is 3.67. The van der Waals surface area contributed by atoms with Crippen LogP contribution in [0.25, 0.3) is 0 Å². The Labute approximate surface area is 196 Å². The Hall–Kier alpha value is -4.47. The van der Waals surface area contributed by atoms with Crippen molar-refractivity contribution in [3.63, 3.8) is 0 Å². The van der Waals surface area contributed by atoms with Crippen molar-refractivity contribution in [3.8, 4) is 34.5 Å². The molecule has 3 aromatic carbocycles. The standard InChI is InChI=1S/C24H21BO9/c1-29-19-4-7-22(16(10-19)13-26)32-25(33-23-8-5-20(30-2)11-17(23)14-27)34-24-9-6-21(31-3)12-18(24)15-28/h4-15H,1-3H3. The molecule has 0 spiro atoms. The molecule has 0 atom stereocenters. The van der Waals surface area contributed by atoms with Crippen LogP contribution >= 0.6 is 0 Å². The van der Waals surface area contributed by atoms with Crippen molar-refractivity contribution >= 4 is 26.2 Å². The summed E-state index contributed by atoms with van der Waals surface area (Å²) in [6, 6.07) is 13.7. The molecule has 0 aliphatic rings. The van der Waals surface area contributed by atoms with E-state index in [0.29, 0.717) is 36.1 Å². The van der Waals surface area contributed by atoms with Crippen LogP contribution in [0, 0.1) is 0 Å². The molecule has 0 unspecified atom stereocenters. The Balaban J connectivity index is 1.99. The molecular weight excluding hydrogens is 443 g/mol. The van der Waals surface area contributed by atoms with Gasteiger partial charge in [-0.05, 0) is 54.6 Å². The Morgan fingerprint density at radius 2 is 0.824 bits per heavy atom. The minimum atomic E-state index is -1.49. The second-order valence-corrected chi connectivity index (χ2v) is 6.71. The molecule has 0 N–H and O–H groups in total. The van der Waals surface area contributed by atoms with Crippen molar-refractivity contribution in [2.45, 2.75) is 0 Å². The van der Waals surface area contributed by atoms with E-state index < -0.39 is 7.32 Å². The maximum Gasteiger partial charge on any atom is 0.864 e. The first-order chi connectivity index (χ1) is 16.5. The van der Waals surface area contributed by atoms with Gasteiger partial charge in [-0.1, -0.05) is 0 Å². The van der Waals surface area contributed by atoms with Crippen molar-refractivity contribution in [2.75, 3.05) is 21.3 Å². The summed E-state index contributed by atoms with van der Waals surface area (Å²) in [6.07, 6.45) is 1.76. The summed E-state index contributed by atoms with van der Waals surface area (Å²) in [4.78, 5) is 34.8. The Kier molecular flexibility index (Phi) is 8.12. The van der Waals surface area contributed by atoms with Crippen LogP contribution in [0.3, 0.4) is 0 Å². The molecular formula is C24H21BO9. The third kappa shape index (κ3) is 5.66. The summed E-state index contributed by atoms with van der Waals surface area (Å²) in [5, 5.41) is 0. The van der Waals surface area contributed by atoms with Crippen molar-refractivity contribution < 1.29 is 42.6 Å². The highest BCUT2D eigenvalue weighted by Gasteiger charge is 2.33. The lowest BCUT2D eigenvalue weighted by molar-refractivity contribution is 0.111. The fourth-order valence-electron chi connectivity index (χ4n) is 2.94. The maximum absolute atomic E-state index is 11.6. The highest BCUT2D eigenvalue weighted by molar-refractivity contribution is 6.40. The monoisotopic (exact) mass is 464 g/mol. The molecule has 0 aliphatic heterocycles. The number of hydrogen-bond acceptors (Lipinski definition) is 9. The quantitative estimate of drug-likeness (QED) is 0.293. The lowest BCUT2D eigenvalue weighted by Crippen LogP contribution is -2.37. The van der Waals surface area contributed by atoms with Gasteiger partial charge >= 0.3 is 7.32 Å². The zero-order chi connectivity index (χ0) is 24.5. The first-order valence-electron chi connectivity index (χ1n) is 9.94. The molecule has 0 bridgehead atoms. The lowest BCUT2D eigenvalue weighted by Gasteiger charge is -2.19. The van der Waals surface area contributed by atoms with Gasteiger partial charge in [0.25, 0.3) is 0 Å². The number of rotatable bonds is 12. The summed E-state index contributed by atoms with van der Waals surface area (Å²) < 4.78 is 32.9. The number of benzene rings is 3. The molecule has 3 aromatic rings. The highest BCUT2D eigenvalue weighted by atomic mass is 16.7. The minimum Gasteiger partial charge on any atom is -0.497 e. The van der Waals surface area contributed by atoms with E-state index in [0.717, 1.165) is 0 Å². The second kappa shape index (κ2) is 11.4. The van der Waals surface area contributed by atoms with Gasteiger partial charge in [-0.25, -0.2) is 0 Å². The second-order valence-electron chi connectivity index (χ2n) is 6.71. The minimum absolute atomic E-state index is 0.128. The SMILES string of the molecule is COc1ccc(OB(Oc2ccc(OC)cc2C=O)Oc2ccc(OC)cc2C=O)c(C=O)c1. The van der Waals surface area contributed by atoms with Crippen LogP contribution in [0.15, 0.2) is 54.6 Å². The van der Waals surface area contributed by atoms with E-state index in [-0.39, 0.29) is 33.9 Å². The third-order valence-corrected chi connectivity index (χ3v) is 4.70. The molecule has 0 radical (unpaired) electrons. The van der Waals surface area contributed by atoms with Gasteiger partial charge in [-0.3, -0.25) is 14.4 Å². The van der Waals surface area contributed by atoms with Crippen molar-refractivity contribution in [3.05, 3.63) is 71.3 Å². The molecule has 0 saturated heterocycles. The van der Waals surface area contributed by atoms with E-state index in [1.165, 1.54) is 57.7 Å². The number of carbonyl (C=O) groups excluding carboxylic acids is 3. The van der Waals surface area contributed by atoms with Crippen LogP contribution in [0.2, 0.25) is 0 Å². The third-order valence-electron chi connectivity index (χ3n) is 4.70. The van der Waals surface area contributed by atoms with Crippen LogP contribution in [0.5, 0.6) is 34.5 Å². The van der Waals surface area contributed by atoms with Gasteiger partial charge in [0.1, 0.15) is 34.5 Å². The molecule has 34 heavy (non-hydrogen) atoms. The number of carbonyl (C=O) groups is 3. The Morgan fingerprint density at radius 1 is 0.529 bits per heavy atom. The van der Waals surface area contributed by atoms with E-state index in [2.05, 4.69) is 0 Å². The molecule has 0 saturated carbocycles. The fourth-order valence-corrected chi connectivity index (χ4v) is 2.94. The largest absolute Gasteiger partial charge is 0.864 e. The highest BCUT2D eigenvalue weighted by Crippen LogP contribution is 2.29. The lowest BCUT2D eigenvalue weighted by atomic mass is 10.1. The first kappa shape index (κ1) is 24.2. The number of methoxy groups -OCH3 is 3. The number of aldehydes is 3. The first-order valence-corrected chi connectivity index (χ1v) is 9.94. The van der Waals surface area contributed by atoms with Crippen LogP contribution in [-0.4, -0.2) is 47.5 Å².